The highest BCUT2D eigenvalue weighted by Crippen LogP contribution is 2.28. The Kier molecular flexibility index (Phi) is 5.69. The van der Waals surface area contributed by atoms with Crippen LogP contribution < -0.4 is 4.72 Å². The number of methoxy groups -OCH3 is 1. The predicted octanol–water partition coefficient (Wildman–Crippen LogP) is 3.20. The molecule has 0 unspecified atom stereocenters. The standard InChI is InChI=1S/C17H19F2NO3S/c1-3-17(23-2,13-7-5-4-6-8-13)12-20-24(21,22)14-9-10-15(18)16(19)11-14/h4-11,20H,3,12H2,1-2H3/t17-/m1/s1. The lowest BCUT2D eigenvalue weighted by atomic mass is 9.91. The van der Waals surface area contributed by atoms with Crippen LogP contribution >= 0.6 is 0 Å². The van der Waals surface area contributed by atoms with E-state index in [4.69, 9.17) is 4.74 Å². The van der Waals surface area contributed by atoms with E-state index >= 15 is 0 Å². The summed E-state index contributed by atoms with van der Waals surface area (Å²) < 4.78 is 59.0. The van der Waals surface area contributed by atoms with E-state index in [-0.39, 0.29) is 11.4 Å². The third-order valence-electron chi connectivity index (χ3n) is 4.01. The van der Waals surface area contributed by atoms with Crippen molar-refractivity contribution in [2.24, 2.45) is 0 Å². The summed E-state index contributed by atoms with van der Waals surface area (Å²) in [5.41, 5.74) is -0.0321. The summed E-state index contributed by atoms with van der Waals surface area (Å²) in [4.78, 5) is -0.337. The monoisotopic (exact) mass is 355 g/mol. The molecule has 0 amide bonds. The SMILES string of the molecule is CC[C@](CNS(=O)(=O)c1ccc(F)c(F)c1)(OC)c1ccccc1. The maximum absolute atomic E-state index is 13.3. The van der Waals surface area contributed by atoms with Gasteiger partial charge in [0.25, 0.3) is 0 Å². The molecule has 7 heteroatoms. The Morgan fingerprint density at radius 1 is 1.08 bits per heavy atom. The number of rotatable bonds is 7. The van der Waals surface area contributed by atoms with Crippen LogP contribution in [0.15, 0.2) is 53.4 Å². The molecule has 1 atom stereocenters. The van der Waals surface area contributed by atoms with Crippen molar-refractivity contribution in [3.63, 3.8) is 0 Å². The molecule has 0 aliphatic carbocycles. The minimum Gasteiger partial charge on any atom is -0.372 e. The van der Waals surface area contributed by atoms with Crippen LogP contribution in [0.3, 0.4) is 0 Å². The molecule has 0 aliphatic heterocycles. The number of hydrogen-bond acceptors (Lipinski definition) is 3. The molecule has 24 heavy (non-hydrogen) atoms. The second-order valence-corrected chi connectivity index (χ2v) is 7.09. The second kappa shape index (κ2) is 7.38. The van der Waals surface area contributed by atoms with Gasteiger partial charge in [-0.3, -0.25) is 0 Å². The van der Waals surface area contributed by atoms with E-state index in [1.807, 2.05) is 37.3 Å². The Balaban J connectivity index is 2.27. The predicted molar refractivity (Wildman–Crippen MR) is 87.0 cm³/mol. The minimum atomic E-state index is -4.00. The molecule has 2 aromatic rings. The fraction of sp³-hybridized carbons (Fsp3) is 0.294. The van der Waals surface area contributed by atoms with E-state index in [9.17, 15) is 17.2 Å². The Labute approximate surface area is 140 Å². The molecule has 0 aliphatic rings. The number of hydrogen-bond donors (Lipinski definition) is 1. The first-order chi connectivity index (χ1) is 11.3. The summed E-state index contributed by atoms with van der Waals surface area (Å²) in [6, 6.07) is 11.7. The molecule has 2 rings (SSSR count). The zero-order valence-corrected chi connectivity index (χ0v) is 14.2. The van der Waals surface area contributed by atoms with Crippen LogP contribution in [-0.2, 0) is 20.4 Å². The van der Waals surface area contributed by atoms with Crippen LogP contribution in [0.5, 0.6) is 0 Å². The van der Waals surface area contributed by atoms with Crippen molar-refractivity contribution >= 4 is 10.0 Å². The van der Waals surface area contributed by atoms with Crippen LogP contribution in [0.25, 0.3) is 0 Å². The van der Waals surface area contributed by atoms with Crippen molar-refractivity contribution in [2.45, 2.75) is 23.8 Å². The average molecular weight is 355 g/mol. The smallest absolute Gasteiger partial charge is 0.240 e. The summed E-state index contributed by atoms with van der Waals surface area (Å²) in [6.07, 6.45) is 0.522. The van der Waals surface area contributed by atoms with Gasteiger partial charge in [-0.1, -0.05) is 37.3 Å². The van der Waals surface area contributed by atoms with Crippen molar-refractivity contribution in [3.8, 4) is 0 Å². The summed E-state index contributed by atoms with van der Waals surface area (Å²) in [5.74, 6) is -2.31. The highest BCUT2D eigenvalue weighted by molar-refractivity contribution is 7.89. The number of sulfonamides is 1. The zero-order chi connectivity index (χ0) is 17.8. The topological polar surface area (TPSA) is 55.4 Å². The quantitative estimate of drug-likeness (QED) is 0.830. The molecular weight excluding hydrogens is 336 g/mol. The molecule has 2 aromatic carbocycles. The van der Waals surface area contributed by atoms with E-state index in [2.05, 4.69) is 4.72 Å². The van der Waals surface area contributed by atoms with Gasteiger partial charge in [0, 0.05) is 13.7 Å². The third-order valence-corrected chi connectivity index (χ3v) is 5.41. The fourth-order valence-electron chi connectivity index (χ4n) is 2.45. The molecule has 0 aromatic heterocycles. The highest BCUT2D eigenvalue weighted by Gasteiger charge is 2.32. The molecular formula is C17H19F2NO3S. The van der Waals surface area contributed by atoms with Crippen LogP contribution in [0, 0.1) is 11.6 Å². The lowest BCUT2D eigenvalue weighted by molar-refractivity contribution is -0.0133. The van der Waals surface area contributed by atoms with Gasteiger partial charge in [-0.15, -0.1) is 0 Å². The van der Waals surface area contributed by atoms with Gasteiger partial charge >= 0.3 is 0 Å². The number of benzene rings is 2. The number of nitrogens with one attached hydrogen (secondary N) is 1. The minimum absolute atomic E-state index is 0.0364. The van der Waals surface area contributed by atoms with E-state index in [1.54, 1.807) is 0 Å². The van der Waals surface area contributed by atoms with Gasteiger partial charge < -0.3 is 4.74 Å². The number of ether oxygens (including phenoxy) is 1. The normalized spacial score (nSPS) is 14.3. The second-order valence-electron chi connectivity index (χ2n) is 5.32. The molecule has 1 N–H and O–H groups in total. The molecule has 0 saturated heterocycles. The summed E-state index contributed by atoms with van der Waals surface area (Å²) in [6.45, 7) is 1.84. The van der Waals surface area contributed by atoms with Crippen LogP contribution in [0.2, 0.25) is 0 Å². The molecule has 0 spiro atoms. The maximum atomic E-state index is 13.3. The Morgan fingerprint density at radius 2 is 1.75 bits per heavy atom. The van der Waals surface area contributed by atoms with Crippen LogP contribution in [0.4, 0.5) is 8.78 Å². The van der Waals surface area contributed by atoms with E-state index in [0.29, 0.717) is 12.5 Å². The van der Waals surface area contributed by atoms with Crippen molar-refractivity contribution in [1.82, 2.24) is 4.72 Å². The summed E-state index contributed by atoms with van der Waals surface area (Å²) >= 11 is 0. The van der Waals surface area contributed by atoms with Crippen molar-refractivity contribution < 1.29 is 21.9 Å². The van der Waals surface area contributed by atoms with Crippen molar-refractivity contribution in [2.75, 3.05) is 13.7 Å². The van der Waals surface area contributed by atoms with Crippen LogP contribution in [0.1, 0.15) is 18.9 Å². The summed E-state index contributed by atoms with van der Waals surface area (Å²) in [7, 11) is -2.50. The first-order valence-corrected chi connectivity index (χ1v) is 8.88. The molecule has 0 radical (unpaired) electrons. The molecule has 4 nitrogen and oxygen atoms in total. The Hall–Kier alpha value is -1.83. The first-order valence-electron chi connectivity index (χ1n) is 7.40. The van der Waals surface area contributed by atoms with E-state index in [0.717, 1.165) is 17.7 Å². The van der Waals surface area contributed by atoms with E-state index in [1.165, 1.54) is 7.11 Å². The van der Waals surface area contributed by atoms with Crippen molar-refractivity contribution in [1.29, 1.82) is 0 Å². The van der Waals surface area contributed by atoms with Gasteiger partial charge in [0.2, 0.25) is 10.0 Å². The van der Waals surface area contributed by atoms with Gasteiger partial charge in [0.05, 0.1) is 4.90 Å². The van der Waals surface area contributed by atoms with Gasteiger partial charge in [-0.25, -0.2) is 21.9 Å². The van der Waals surface area contributed by atoms with Crippen LogP contribution in [-0.4, -0.2) is 22.1 Å². The molecule has 130 valence electrons. The van der Waals surface area contributed by atoms with Crippen molar-refractivity contribution in [3.05, 3.63) is 65.7 Å². The third kappa shape index (κ3) is 3.80. The molecule has 0 bridgehead atoms. The molecule has 0 fully saturated rings. The lowest BCUT2D eigenvalue weighted by Crippen LogP contribution is -2.41. The average Bonchev–Trinajstić information content (AvgIpc) is 2.59. The van der Waals surface area contributed by atoms with Gasteiger partial charge in [0.1, 0.15) is 5.60 Å². The lowest BCUT2D eigenvalue weighted by Gasteiger charge is -2.32. The summed E-state index contributed by atoms with van der Waals surface area (Å²) in [5, 5.41) is 0. The maximum Gasteiger partial charge on any atom is 0.240 e. The zero-order valence-electron chi connectivity index (χ0n) is 13.4. The van der Waals surface area contributed by atoms with Gasteiger partial charge in [0.15, 0.2) is 11.6 Å². The largest absolute Gasteiger partial charge is 0.372 e. The van der Waals surface area contributed by atoms with E-state index < -0.39 is 27.3 Å². The fourth-order valence-corrected chi connectivity index (χ4v) is 3.54. The molecule has 0 heterocycles. The number of halogens is 2. The van der Waals surface area contributed by atoms with Gasteiger partial charge in [-0.2, -0.15) is 0 Å². The first kappa shape index (κ1) is 18.5. The highest BCUT2D eigenvalue weighted by atomic mass is 32.2. The Bertz CT molecular complexity index is 791. The Morgan fingerprint density at radius 3 is 2.29 bits per heavy atom. The van der Waals surface area contributed by atoms with Gasteiger partial charge in [-0.05, 0) is 30.2 Å². The molecule has 0 saturated carbocycles.